The molecule has 0 spiro atoms. The maximum absolute atomic E-state index is 10.4. The zero-order chi connectivity index (χ0) is 9.14. The van der Waals surface area contributed by atoms with E-state index in [-0.39, 0.29) is 29.5 Å². The zero-order valence-electron chi connectivity index (χ0n) is 6.56. The number of nitrogen functional groups attached to an aromatic ring is 1. The SMILES string of the molecule is Cl.N=C(N)c1ccccc1[N+](=O)[O-]. The minimum Gasteiger partial charge on any atom is -0.383 e. The highest BCUT2D eigenvalue weighted by Gasteiger charge is 2.13. The van der Waals surface area contributed by atoms with E-state index in [4.69, 9.17) is 11.1 Å². The van der Waals surface area contributed by atoms with Gasteiger partial charge >= 0.3 is 0 Å². The molecule has 13 heavy (non-hydrogen) atoms. The minimum atomic E-state index is -0.559. The molecule has 0 saturated heterocycles. The molecule has 0 amide bonds. The van der Waals surface area contributed by atoms with Gasteiger partial charge in [0, 0.05) is 6.07 Å². The Balaban J connectivity index is 0.00000144. The molecule has 0 aliphatic carbocycles. The van der Waals surface area contributed by atoms with Gasteiger partial charge in [-0.3, -0.25) is 15.5 Å². The molecule has 6 heteroatoms. The van der Waals surface area contributed by atoms with E-state index in [1.165, 1.54) is 18.2 Å². The van der Waals surface area contributed by atoms with Gasteiger partial charge in [0.05, 0.1) is 10.5 Å². The number of nitrogens with two attached hydrogens (primary N) is 1. The Hall–Kier alpha value is -1.62. The fourth-order valence-electron chi connectivity index (χ4n) is 0.861. The van der Waals surface area contributed by atoms with Crippen LogP contribution in [0.25, 0.3) is 0 Å². The predicted octanol–water partition coefficient (Wildman–Crippen LogP) is 1.30. The van der Waals surface area contributed by atoms with Crippen molar-refractivity contribution in [1.29, 1.82) is 5.41 Å². The van der Waals surface area contributed by atoms with Crippen LogP contribution >= 0.6 is 12.4 Å². The van der Waals surface area contributed by atoms with Gasteiger partial charge in [0.15, 0.2) is 0 Å². The average molecular weight is 202 g/mol. The van der Waals surface area contributed by atoms with Crippen LogP contribution in [0.2, 0.25) is 0 Å². The quantitative estimate of drug-likeness (QED) is 0.327. The Bertz CT molecular complexity index is 307. The summed E-state index contributed by atoms with van der Waals surface area (Å²) in [5.74, 6) is -0.290. The summed E-state index contributed by atoms with van der Waals surface area (Å²) in [6.45, 7) is 0. The Morgan fingerprint density at radius 1 is 1.46 bits per heavy atom. The molecule has 1 aromatic rings. The van der Waals surface area contributed by atoms with Crippen LogP contribution in [0.15, 0.2) is 24.3 Å². The van der Waals surface area contributed by atoms with Gasteiger partial charge in [0.25, 0.3) is 5.69 Å². The smallest absolute Gasteiger partial charge is 0.280 e. The molecule has 0 aliphatic rings. The van der Waals surface area contributed by atoms with Crippen molar-refractivity contribution in [3.63, 3.8) is 0 Å². The molecule has 0 unspecified atom stereocenters. The van der Waals surface area contributed by atoms with E-state index in [0.717, 1.165) is 0 Å². The zero-order valence-corrected chi connectivity index (χ0v) is 7.38. The number of rotatable bonds is 2. The number of benzene rings is 1. The molecule has 70 valence electrons. The van der Waals surface area contributed by atoms with Crippen molar-refractivity contribution >= 4 is 23.9 Å². The normalized spacial score (nSPS) is 8.62. The van der Waals surface area contributed by atoms with E-state index in [1.807, 2.05) is 0 Å². The first-order chi connectivity index (χ1) is 5.63. The third-order valence-corrected chi connectivity index (χ3v) is 1.39. The Morgan fingerprint density at radius 2 is 2.00 bits per heavy atom. The summed E-state index contributed by atoms with van der Waals surface area (Å²) in [6, 6.07) is 5.89. The lowest BCUT2D eigenvalue weighted by Crippen LogP contribution is -2.13. The first kappa shape index (κ1) is 11.4. The number of nitro benzene ring substituents is 1. The van der Waals surface area contributed by atoms with Crippen LogP contribution < -0.4 is 5.73 Å². The van der Waals surface area contributed by atoms with Gasteiger partial charge in [-0.15, -0.1) is 12.4 Å². The van der Waals surface area contributed by atoms with Gasteiger partial charge in [0.2, 0.25) is 0 Å². The lowest BCUT2D eigenvalue weighted by Gasteiger charge is -1.98. The molecular formula is C7H8ClN3O2. The summed E-state index contributed by atoms with van der Waals surface area (Å²) in [6.07, 6.45) is 0. The summed E-state index contributed by atoms with van der Waals surface area (Å²) in [4.78, 5) is 9.82. The van der Waals surface area contributed by atoms with Crippen LogP contribution in [0.4, 0.5) is 5.69 Å². The molecule has 0 atom stereocenters. The third kappa shape index (κ3) is 2.41. The van der Waals surface area contributed by atoms with Crippen LogP contribution in [-0.2, 0) is 0 Å². The maximum Gasteiger partial charge on any atom is 0.280 e. The fraction of sp³-hybridized carbons (Fsp3) is 0. The number of hydrogen-bond acceptors (Lipinski definition) is 3. The van der Waals surface area contributed by atoms with Crippen molar-refractivity contribution in [2.24, 2.45) is 5.73 Å². The second-order valence-corrected chi connectivity index (χ2v) is 2.19. The first-order valence-corrected chi connectivity index (χ1v) is 3.20. The molecule has 1 aromatic carbocycles. The number of amidine groups is 1. The monoisotopic (exact) mass is 201 g/mol. The maximum atomic E-state index is 10.4. The third-order valence-electron chi connectivity index (χ3n) is 1.39. The fourth-order valence-corrected chi connectivity index (χ4v) is 0.861. The van der Waals surface area contributed by atoms with E-state index in [9.17, 15) is 10.1 Å². The number of nitrogens with zero attached hydrogens (tertiary/aromatic N) is 1. The summed E-state index contributed by atoms with van der Waals surface area (Å²) in [5, 5.41) is 17.4. The number of nitrogens with one attached hydrogen (secondary N) is 1. The number of para-hydroxylation sites is 1. The summed E-state index contributed by atoms with van der Waals surface area (Å²) >= 11 is 0. The topological polar surface area (TPSA) is 93.0 Å². The molecular weight excluding hydrogens is 194 g/mol. The second kappa shape index (κ2) is 4.42. The van der Waals surface area contributed by atoms with Gasteiger partial charge < -0.3 is 5.73 Å². The van der Waals surface area contributed by atoms with E-state index in [0.29, 0.717) is 0 Å². The molecule has 5 nitrogen and oxygen atoms in total. The van der Waals surface area contributed by atoms with Gasteiger partial charge in [-0.25, -0.2) is 0 Å². The Kier molecular flexibility index (Phi) is 3.87. The molecule has 0 bridgehead atoms. The number of halogens is 1. The molecule has 0 saturated carbocycles. The van der Waals surface area contributed by atoms with Crippen molar-refractivity contribution in [2.45, 2.75) is 0 Å². The Labute approximate surface area is 80.6 Å². The van der Waals surface area contributed by atoms with Crippen molar-refractivity contribution in [1.82, 2.24) is 0 Å². The molecule has 0 radical (unpaired) electrons. The van der Waals surface area contributed by atoms with Crippen molar-refractivity contribution in [3.8, 4) is 0 Å². The van der Waals surface area contributed by atoms with E-state index >= 15 is 0 Å². The summed E-state index contributed by atoms with van der Waals surface area (Å²) in [7, 11) is 0. The molecule has 0 heterocycles. The van der Waals surface area contributed by atoms with Gasteiger partial charge in [-0.2, -0.15) is 0 Å². The lowest BCUT2D eigenvalue weighted by molar-refractivity contribution is -0.385. The van der Waals surface area contributed by atoms with Crippen molar-refractivity contribution < 1.29 is 4.92 Å². The van der Waals surface area contributed by atoms with Crippen LogP contribution in [0.1, 0.15) is 5.56 Å². The minimum absolute atomic E-state index is 0. The van der Waals surface area contributed by atoms with Gasteiger partial charge in [-0.05, 0) is 6.07 Å². The van der Waals surface area contributed by atoms with Crippen molar-refractivity contribution in [3.05, 3.63) is 39.9 Å². The molecule has 0 aromatic heterocycles. The van der Waals surface area contributed by atoms with Crippen molar-refractivity contribution in [2.75, 3.05) is 0 Å². The van der Waals surface area contributed by atoms with Gasteiger partial charge in [-0.1, -0.05) is 12.1 Å². The highest BCUT2D eigenvalue weighted by Crippen LogP contribution is 2.16. The van der Waals surface area contributed by atoms with Crippen LogP contribution in [0, 0.1) is 15.5 Å². The highest BCUT2D eigenvalue weighted by atomic mass is 35.5. The van der Waals surface area contributed by atoms with E-state index < -0.39 is 4.92 Å². The van der Waals surface area contributed by atoms with E-state index in [1.54, 1.807) is 6.07 Å². The molecule has 0 aliphatic heterocycles. The van der Waals surface area contributed by atoms with Crippen LogP contribution in [0.3, 0.4) is 0 Å². The molecule has 0 fully saturated rings. The highest BCUT2D eigenvalue weighted by molar-refractivity contribution is 5.98. The van der Waals surface area contributed by atoms with Crippen LogP contribution in [0.5, 0.6) is 0 Å². The Morgan fingerprint density at radius 3 is 2.38 bits per heavy atom. The summed E-state index contributed by atoms with van der Waals surface area (Å²) < 4.78 is 0. The molecule has 3 N–H and O–H groups in total. The first-order valence-electron chi connectivity index (χ1n) is 3.20. The number of nitro groups is 1. The standard InChI is InChI=1S/C7H7N3O2.ClH/c8-7(9)5-3-1-2-4-6(5)10(11)12;/h1-4H,(H3,8,9);1H. The average Bonchev–Trinajstić information content (AvgIpc) is 2.04. The number of hydrogen-bond donors (Lipinski definition) is 2. The largest absolute Gasteiger partial charge is 0.383 e. The van der Waals surface area contributed by atoms with E-state index in [2.05, 4.69) is 0 Å². The summed E-state index contributed by atoms with van der Waals surface area (Å²) in [5.41, 5.74) is 5.15. The van der Waals surface area contributed by atoms with Gasteiger partial charge in [0.1, 0.15) is 5.84 Å². The second-order valence-electron chi connectivity index (χ2n) is 2.19. The van der Waals surface area contributed by atoms with Crippen LogP contribution in [-0.4, -0.2) is 10.8 Å². The predicted molar refractivity (Wildman–Crippen MR) is 51.4 cm³/mol. The molecule has 1 rings (SSSR count). The lowest BCUT2D eigenvalue weighted by atomic mass is 10.2.